The number of nitrogens with one attached hydrogen (secondary N) is 1. The fourth-order valence-corrected chi connectivity index (χ4v) is 4.58. The molecule has 8 heteroatoms. The van der Waals surface area contributed by atoms with Crippen molar-refractivity contribution in [3.05, 3.63) is 47.2 Å². The minimum Gasteiger partial charge on any atom is -0.478 e. The molecule has 2 N–H and O–H groups in total. The number of carboxylic acids is 1. The summed E-state index contributed by atoms with van der Waals surface area (Å²) in [6, 6.07) is 6.27. The Kier molecular flexibility index (Phi) is 6.42. The van der Waals surface area contributed by atoms with Crippen LogP contribution in [0.4, 0.5) is 11.5 Å². The molecule has 29 heavy (non-hydrogen) atoms. The lowest BCUT2D eigenvalue weighted by molar-refractivity contribution is 0.0696. The van der Waals surface area contributed by atoms with Crippen LogP contribution in [0.1, 0.15) is 53.6 Å². The third kappa shape index (κ3) is 5.06. The van der Waals surface area contributed by atoms with Crippen molar-refractivity contribution in [1.29, 1.82) is 0 Å². The van der Waals surface area contributed by atoms with Crippen LogP contribution in [0.15, 0.2) is 35.4 Å². The molecular weight excluding hydrogens is 390 g/mol. The minimum atomic E-state index is -3.88. The molecular formula is C21H27N3O4S. The molecule has 2 aromatic rings. The van der Waals surface area contributed by atoms with Crippen LogP contribution in [-0.4, -0.2) is 37.6 Å². The first-order valence-electron chi connectivity index (χ1n) is 9.86. The van der Waals surface area contributed by atoms with Gasteiger partial charge in [0.25, 0.3) is 10.0 Å². The summed E-state index contributed by atoms with van der Waals surface area (Å²) in [7, 11) is -3.88. The number of aryl methyl sites for hydroxylation is 2. The highest BCUT2D eigenvalue weighted by molar-refractivity contribution is 7.92. The van der Waals surface area contributed by atoms with Crippen molar-refractivity contribution in [2.75, 3.05) is 22.7 Å². The summed E-state index contributed by atoms with van der Waals surface area (Å²) in [5.74, 6) is -0.673. The van der Waals surface area contributed by atoms with Crippen molar-refractivity contribution < 1.29 is 18.3 Å². The fraction of sp³-hybridized carbons (Fsp3) is 0.429. The maximum absolute atomic E-state index is 13.0. The summed E-state index contributed by atoms with van der Waals surface area (Å²) < 4.78 is 28.6. The molecule has 0 aliphatic carbocycles. The van der Waals surface area contributed by atoms with Gasteiger partial charge < -0.3 is 10.0 Å². The van der Waals surface area contributed by atoms with Gasteiger partial charge in [-0.25, -0.2) is 18.2 Å². The zero-order valence-electron chi connectivity index (χ0n) is 16.8. The molecule has 1 aliphatic heterocycles. The number of nitrogens with zero attached hydrogens (tertiary/aromatic N) is 2. The summed E-state index contributed by atoms with van der Waals surface area (Å²) in [6.07, 6.45) is 6.70. The van der Waals surface area contributed by atoms with Crippen molar-refractivity contribution in [2.45, 2.75) is 50.8 Å². The van der Waals surface area contributed by atoms with Gasteiger partial charge in [0, 0.05) is 19.3 Å². The molecule has 0 unspecified atom stereocenters. The maximum atomic E-state index is 13.0. The van der Waals surface area contributed by atoms with Crippen LogP contribution in [0, 0.1) is 13.8 Å². The molecule has 3 rings (SSSR count). The Bertz CT molecular complexity index is 997. The molecule has 0 atom stereocenters. The van der Waals surface area contributed by atoms with Crippen molar-refractivity contribution in [2.24, 2.45) is 0 Å². The predicted octanol–water partition coefficient (Wildman–Crippen LogP) is 3.97. The molecule has 1 aromatic carbocycles. The van der Waals surface area contributed by atoms with E-state index in [9.17, 15) is 18.3 Å². The third-order valence-corrected chi connectivity index (χ3v) is 6.67. The van der Waals surface area contributed by atoms with E-state index in [1.807, 2.05) is 18.7 Å². The first kappa shape index (κ1) is 21.1. The van der Waals surface area contributed by atoms with Gasteiger partial charge in [-0.1, -0.05) is 25.3 Å². The molecule has 0 bridgehead atoms. The Hall–Kier alpha value is -2.61. The lowest BCUT2D eigenvalue weighted by Gasteiger charge is -2.28. The smallest absolute Gasteiger partial charge is 0.337 e. The van der Waals surface area contributed by atoms with Gasteiger partial charge in [0.2, 0.25) is 0 Å². The molecule has 156 valence electrons. The van der Waals surface area contributed by atoms with E-state index in [0.29, 0.717) is 5.82 Å². The van der Waals surface area contributed by atoms with Gasteiger partial charge in [-0.15, -0.1) is 0 Å². The second-order valence-corrected chi connectivity index (χ2v) is 9.19. The number of hydrogen-bond donors (Lipinski definition) is 2. The molecule has 1 saturated heterocycles. The third-order valence-electron chi connectivity index (χ3n) is 5.30. The predicted molar refractivity (Wildman–Crippen MR) is 113 cm³/mol. The molecule has 0 saturated carbocycles. The summed E-state index contributed by atoms with van der Waals surface area (Å²) in [5.41, 5.74) is 2.01. The monoisotopic (exact) mass is 417 g/mol. The van der Waals surface area contributed by atoms with E-state index in [1.54, 1.807) is 18.2 Å². The number of rotatable bonds is 5. The molecule has 1 fully saturated rings. The van der Waals surface area contributed by atoms with E-state index in [4.69, 9.17) is 0 Å². The number of aromatic carboxylic acids is 1. The summed E-state index contributed by atoms with van der Waals surface area (Å²) in [5, 5.41) is 9.34. The van der Waals surface area contributed by atoms with Gasteiger partial charge >= 0.3 is 5.97 Å². The maximum Gasteiger partial charge on any atom is 0.337 e. The zero-order valence-corrected chi connectivity index (χ0v) is 17.6. The topological polar surface area (TPSA) is 99.6 Å². The van der Waals surface area contributed by atoms with E-state index in [2.05, 4.69) is 9.71 Å². The SMILES string of the molecule is Cc1ccc(S(=O)(=O)Nc2cc(C(=O)O)cnc2N2CCCCCCC2)cc1C. The van der Waals surface area contributed by atoms with Crippen molar-refractivity contribution in [3.63, 3.8) is 0 Å². The van der Waals surface area contributed by atoms with Crippen LogP contribution in [-0.2, 0) is 10.0 Å². The number of carbonyl (C=O) groups is 1. The first-order valence-corrected chi connectivity index (χ1v) is 11.3. The van der Waals surface area contributed by atoms with E-state index in [1.165, 1.54) is 18.7 Å². The average Bonchev–Trinajstić information content (AvgIpc) is 2.63. The van der Waals surface area contributed by atoms with Crippen molar-refractivity contribution in [3.8, 4) is 0 Å². The zero-order chi connectivity index (χ0) is 21.0. The average molecular weight is 418 g/mol. The Morgan fingerprint density at radius 1 is 1.03 bits per heavy atom. The highest BCUT2D eigenvalue weighted by Crippen LogP contribution is 2.29. The number of anilines is 2. The minimum absolute atomic E-state index is 0.0569. The van der Waals surface area contributed by atoms with Gasteiger partial charge in [-0.3, -0.25) is 4.72 Å². The summed E-state index contributed by atoms with van der Waals surface area (Å²) in [6.45, 7) is 5.29. The number of aromatic nitrogens is 1. The number of pyridine rings is 1. The Labute approximate surface area is 171 Å². The lowest BCUT2D eigenvalue weighted by atomic mass is 10.1. The Morgan fingerprint density at radius 2 is 1.69 bits per heavy atom. The first-order chi connectivity index (χ1) is 13.8. The molecule has 7 nitrogen and oxygen atoms in total. The molecule has 1 aliphatic rings. The van der Waals surface area contributed by atoms with Gasteiger partial charge in [0.1, 0.15) is 0 Å². The van der Waals surface area contributed by atoms with Crippen LogP contribution in [0.5, 0.6) is 0 Å². The summed E-state index contributed by atoms with van der Waals surface area (Å²) in [4.78, 5) is 17.9. The van der Waals surface area contributed by atoms with Gasteiger partial charge in [0.15, 0.2) is 5.82 Å². The number of carboxylic acid groups (broad SMARTS) is 1. The van der Waals surface area contributed by atoms with Crippen LogP contribution in [0.3, 0.4) is 0 Å². The van der Waals surface area contributed by atoms with Gasteiger partial charge in [0.05, 0.1) is 16.1 Å². The molecule has 0 spiro atoms. The van der Waals surface area contributed by atoms with E-state index in [-0.39, 0.29) is 16.1 Å². The van der Waals surface area contributed by atoms with Crippen molar-refractivity contribution >= 4 is 27.5 Å². The molecule has 2 heterocycles. The van der Waals surface area contributed by atoms with E-state index >= 15 is 0 Å². The Morgan fingerprint density at radius 3 is 2.31 bits per heavy atom. The van der Waals surface area contributed by atoms with E-state index < -0.39 is 16.0 Å². The second kappa shape index (κ2) is 8.82. The second-order valence-electron chi connectivity index (χ2n) is 7.51. The lowest BCUT2D eigenvalue weighted by Crippen LogP contribution is -2.29. The largest absolute Gasteiger partial charge is 0.478 e. The fourth-order valence-electron chi connectivity index (χ4n) is 3.45. The van der Waals surface area contributed by atoms with Crippen LogP contribution < -0.4 is 9.62 Å². The van der Waals surface area contributed by atoms with E-state index in [0.717, 1.165) is 49.9 Å². The Balaban J connectivity index is 1.99. The van der Waals surface area contributed by atoms with Gasteiger partial charge in [-0.05, 0) is 56.0 Å². The quantitative estimate of drug-likeness (QED) is 0.764. The van der Waals surface area contributed by atoms with Crippen molar-refractivity contribution in [1.82, 2.24) is 4.98 Å². The number of sulfonamides is 1. The standard InChI is InChI=1S/C21H27N3O4S/c1-15-8-9-18(12-16(15)2)29(27,28)23-19-13-17(21(25)26)14-22-20(19)24-10-6-4-3-5-7-11-24/h8-9,12-14,23H,3-7,10-11H2,1-2H3,(H,25,26). The molecule has 1 aromatic heterocycles. The highest BCUT2D eigenvalue weighted by Gasteiger charge is 2.22. The van der Waals surface area contributed by atoms with Crippen LogP contribution in [0.2, 0.25) is 0 Å². The van der Waals surface area contributed by atoms with Gasteiger partial charge in [-0.2, -0.15) is 0 Å². The number of hydrogen-bond acceptors (Lipinski definition) is 5. The normalized spacial score (nSPS) is 15.4. The number of benzene rings is 1. The van der Waals surface area contributed by atoms with Crippen LogP contribution in [0.25, 0.3) is 0 Å². The molecule has 0 radical (unpaired) electrons. The highest BCUT2D eigenvalue weighted by atomic mass is 32.2. The molecule has 0 amide bonds. The van der Waals surface area contributed by atoms with Crippen LogP contribution >= 0.6 is 0 Å². The summed E-state index contributed by atoms with van der Waals surface area (Å²) >= 11 is 0.